The third-order valence-electron chi connectivity index (χ3n) is 2.05. The summed E-state index contributed by atoms with van der Waals surface area (Å²) in [5.41, 5.74) is 3.03. The van der Waals surface area contributed by atoms with E-state index in [1.54, 1.807) is 12.1 Å². The maximum atomic E-state index is 13.0. The summed E-state index contributed by atoms with van der Waals surface area (Å²) in [6, 6.07) is 6.81. The lowest BCUT2D eigenvalue weighted by atomic mass is 10.1. The molecule has 0 atom stereocenters. The Morgan fingerprint density at radius 2 is 2.07 bits per heavy atom. The summed E-state index contributed by atoms with van der Waals surface area (Å²) < 4.78 is 14.1. The number of halogens is 2. The molecule has 1 nitrogen and oxygen atoms in total. The molecule has 0 aliphatic rings. The van der Waals surface area contributed by atoms with Gasteiger partial charge in [0.05, 0.1) is 0 Å². The number of benzene rings is 1. The van der Waals surface area contributed by atoms with E-state index in [1.807, 2.05) is 19.2 Å². The fourth-order valence-electron chi connectivity index (χ4n) is 1.36. The second-order valence-electron chi connectivity index (χ2n) is 3.21. The Balaban J connectivity index is 2.55. The number of nitrogens with one attached hydrogen (secondary N) is 1. The molecule has 3 heteroatoms. The zero-order valence-electron chi connectivity index (χ0n) is 7.64. The lowest BCUT2D eigenvalue weighted by Gasteiger charge is -2.01. The molecule has 0 radical (unpaired) electrons. The van der Waals surface area contributed by atoms with E-state index < -0.39 is 0 Å². The summed E-state index contributed by atoms with van der Waals surface area (Å²) >= 11 is 2.20. The molecule has 0 aliphatic heterocycles. The molecule has 1 heterocycles. The van der Waals surface area contributed by atoms with Gasteiger partial charge in [0.1, 0.15) is 5.82 Å². The minimum Gasteiger partial charge on any atom is -0.361 e. The third-order valence-corrected chi connectivity index (χ3v) is 2.99. The molecule has 2 aromatic rings. The average Bonchev–Trinajstić information content (AvgIpc) is 2.56. The van der Waals surface area contributed by atoms with Crippen molar-refractivity contribution in [1.29, 1.82) is 0 Å². The standard InChI is InChI=1S/C11H9FIN/c1-7-4-11(14-6-7)9-5-8(12)2-3-10(9)13/h2-6,14H,1H3. The fourth-order valence-corrected chi connectivity index (χ4v) is 1.99. The Bertz CT molecular complexity index is 462. The van der Waals surface area contributed by atoms with Crippen LogP contribution in [0.25, 0.3) is 11.3 Å². The van der Waals surface area contributed by atoms with Gasteiger partial charge in [0.2, 0.25) is 0 Å². The van der Waals surface area contributed by atoms with Gasteiger partial charge >= 0.3 is 0 Å². The second-order valence-corrected chi connectivity index (χ2v) is 4.38. The van der Waals surface area contributed by atoms with Gasteiger partial charge < -0.3 is 4.98 Å². The van der Waals surface area contributed by atoms with Crippen LogP contribution in [0.3, 0.4) is 0 Å². The zero-order valence-corrected chi connectivity index (χ0v) is 9.80. The van der Waals surface area contributed by atoms with Crippen molar-refractivity contribution in [2.24, 2.45) is 0 Å². The molecule has 0 spiro atoms. The van der Waals surface area contributed by atoms with Crippen LogP contribution >= 0.6 is 22.6 Å². The minimum absolute atomic E-state index is 0.201. The van der Waals surface area contributed by atoms with Crippen molar-refractivity contribution in [3.8, 4) is 11.3 Å². The van der Waals surface area contributed by atoms with E-state index in [0.29, 0.717) is 0 Å². The van der Waals surface area contributed by atoms with Gasteiger partial charge in [-0.25, -0.2) is 4.39 Å². The van der Waals surface area contributed by atoms with Gasteiger partial charge in [-0.05, 0) is 59.3 Å². The van der Waals surface area contributed by atoms with Crippen LogP contribution in [-0.4, -0.2) is 4.98 Å². The van der Waals surface area contributed by atoms with Gasteiger partial charge in [0, 0.05) is 21.0 Å². The van der Waals surface area contributed by atoms with Crippen LogP contribution in [-0.2, 0) is 0 Å². The number of hydrogen-bond donors (Lipinski definition) is 1. The molecule has 1 N–H and O–H groups in total. The van der Waals surface area contributed by atoms with Gasteiger partial charge in [0.25, 0.3) is 0 Å². The first-order valence-electron chi connectivity index (χ1n) is 4.27. The van der Waals surface area contributed by atoms with Gasteiger partial charge in [-0.15, -0.1) is 0 Å². The lowest BCUT2D eigenvalue weighted by Crippen LogP contribution is -1.84. The average molecular weight is 301 g/mol. The van der Waals surface area contributed by atoms with Gasteiger partial charge in [-0.2, -0.15) is 0 Å². The van der Waals surface area contributed by atoms with E-state index in [0.717, 1.165) is 20.4 Å². The van der Waals surface area contributed by atoms with E-state index in [9.17, 15) is 4.39 Å². The maximum Gasteiger partial charge on any atom is 0.123 e. The Hall–Kier alpha value is -0.840. The van der Waals surface area contributed by atoms with Crippen molar-refractivity contribution in [2.45, 2.75) is 6.92 Å². The van der Waals surface area contributed by atoms with Crippen LogP contribution in [0.5, 0.6) is 0 Å². The van der Waals surface area contributed by atoms with E-state index >= 15 is 0 Å². The molecule has 0 amide bonds. The third kappa shape index (κ3) is 1.82. The highest BCUT2D eigenvalue weighted by molar-refractivity contribution is 14.1. The minimum atomic E-state index is -0.201. The number of aromatic amines is 1. The molecule has 14 heavy (non-hydrogen) atoms. The van der Waals surface area contributed by atoms with Crippen LogP contribution in [0.4, 0.5) is 4.39 Å². The molecule has 1 aromatic carbocycles. The van der Waals surface area contributed by atoms with Gasteiger partial charge in [-0.3, -0.25) is 0 Å². The number of rotatable bonds is 1. The molecule has 1 aromatic heterocycles. The summed E-state index contributed by atoms with van der Waals surface area (Å²) in [5, 5.41) is 0. The molecule has 2 rings (SSSR count). The van der Waals surface area contributed by atoms with Crippen molar-refractivity contribution >= 4 is 22.6 Å². The molecular weight excluding hydrogens is 292 g/mol. The van der Waals surface area contributed by atoms with Gasteiger partial charge in [-0.1, -0.05) is 0 Å². The SMILES string of the molecule is Cc1c[nH]c(-c2cc(F)ccc2I)c1. The highest BCUT2D eigenvalue weighted by Crippen LogP contribution is 2.25. The molecule has 0 fully saturated rings. The predicted molar refractivity (Wildman–Crippen MR) is 63.6 cm³/mol. The molecule has 0 saturated carbocycles. The summed E-state index contributed by atoms with van der Waals surface area (Å²) in [4.78, 5) is 3.12. The molecule has 72 valence electrons. The topological polar surface area (TPSA) is 15.8 Å². The maximum absolute atomic E-state index is 13.0. The van der Waals surface area contributed by atoms with Crippen LogP contribution < -0.4 is 0 Å². The molecular formula is C11H9FIN. The van der Waals surface area contributed by atoms with Crippen LogP contribution in [0, 0.1) is 16.3 Å². The summed E-state index contributed by atoms with van der Waals surface area (Å²) in [7, 11) is 0. The quantitative estimate of drug-likeness (QED) is 0.772. The number of H-pyrrole nitrogens is 1. The second kappa shape index (κ2) is 3.73. The fraction of sp³-hybridized carbons (Fsp3) is 0.0909. The first-order valence-corrected chi connectivity index (χ1v) is 5.35. The van der Waals surface area contributed by atoms with Gasteiger partial charge in [0.15, 0.2) is 0 Å². The van der Waals surface area contributed by atoms with Crippen molar-refractivity contribution in [3.05, 3.63) is 45.4 Å². The first kappa shape index (κ1) is 9.71. The smallest absolute Gasteiger partial charge is 0.123 e. The van der Waals surface area contributed by atoms with Crippen molar-refractivity contribution < 1.29 is 4.39 Å². The molecule has 0 unspecified atom stereocenters. The first-order chi connectivity index (χ1) is 6.66. The molecule has 0 aliphatic carbocycles. The highest BCUT2D eigenvalue weighted by atomic mass is 127. The summed E-state index contributed by atoms with van der Waals surface area (Å²) in [6.45, 7) is 2.01. The number of aryl methyl sites for hydroxylation is 1. The Morgan fingerprint density at radius 1 is 1.29 bits per heavy atom. The predicted octanol–water partition coefficient (Wildman–Crippen LogP) is 3.73. The number of aromatic nitrogens is 1. The van der Waals surface area contributed by atoms with E-state index in [2.05, 4.69) is 27.6 Å². The van der Waals surface area contributed by atoms with E-state index in [4.69, 9.17) is 0 Å². The van der Waals surface area contributed by atoms with Crippen LogP contribution in [0.1, 0.15) is 5.56 Å². The van der Waals surface area contributed by atoms with E-state index in [-0.39, 0.29) is 5.82 Å². The summed E-state index contributed by atoms with van der Waals surface area (Å²) in [5.74, 6) is -0.201. The summed E-state index contributed by atoms with van der Waals surface area (Å²) in [6.07, 6.45) is 1.91. The Morgan fingerprint density at radius 3 is 2.71 bits per heavy atom. The Kier molecular flexibility index (Phi) is 2.58. The van der Waals surface area contributed by atoms with Crippen LogP contribution in [0.2, 0.25) is 0 Å². The molecule has 0 saturated heterocycles. The monoisotopic (exact) mass is 301 g/mol. The van der Waals surface area contributed by atoms with Crippen molar-refractivity contribution in [1.82, 2.24) is 4.98 Å². The van der Waals surface area contributed by atoms with Crippen molar-refractivity contribution in [3.63, 3.8) is 0 Å². The van der Waals surface area contributed by atoms with Crippen LogP contribution in [0.15, 0.2) is 30.5 Å². The normalized spacial score (nSPS) is 10.5. The van der Waals surface area contributed by atoms with E-state index in [1.165, 1.54) is 6.07 Å². The lowest BCUT2D eigenvalue weighted by molar-refractivity contribution is 0.628. The largest absolute Gasteiger partial charge is 0.361 e. The number of hydrogen-bond acceptors (Lipinski definition) is 0. The highest BCUT2D eigenvalue weighted by Gasteiger charge is 2.05. The van der Waals surface area contributed by atoms with Crippen molar-refractivity contribution in [2.75, 3.05) is 0 Å². The zero-order chi connectivity index (χ0) is 10.1. The Labute approximate surface area is 95.5 Å². The molecule has 0 bridgehead atoms.